The third kappa shape index (κ3) is 4.02. The Morgan fingerprint density at radius 3 is 2.63 bits per heavy atom. The molecule has 1 unspecified atom stereocenters. The van der Waals surface area contributed by atoms with Crippen LogP contribution in [0.15, 0.2) is 18.2 Å². The third-order valence-electron chi connectivity index (χ3n) is 4.09. The van der Waals surface area contributed by atoms with E-state index in [1.165, 1.54) is 19.3 Å². The maximum Gasteiger partial charge on any atom is 0.127 e. The van der Waals surface area contributed by atoms with Gasteiger partial charge in [0.25, 0.3) is 0 Å². The second-order valence-electron chi connectivity index (χ2n) is 5.67. The summed E-state index contributed by atoms with van der Waals surface area (Å²) < 4.78 is 14.1. The van der Waals surface area contributed by atoms with Gasteiger partial charge in [0.1, 0.15) is 5.82 Å². The zero-order valence-electron chi connectivity index (χ0n) is 11.9. The van der Waals surface area contributed by atoms with E-state index in [0.29, 0.717) is 12.5 Å². The summed E-state index contributed by atoms with van der Waals surface area (Å²) in [5.74, 6) is 0.274. The molecule has 1 heterocycles. The van der Waals surface area contributed by atoms with E-state index in [1.54, 1.807) is 6.07 Å². The molecule has 2 N–H and O–H groups in total. The normalized spacial score (nSPS) is 18.5. The predicted molar refractivity (Wildman–Crippen MR) is 77.6 cm³/mol. The summed E-state index contributed by atoms with van der Waals surface area (Å²) in [6.45, 7) is 5.71. The van der Waals surface area contributed by atoms with E-state index in [0.717, 1.165) is 37.2 Å². The van der Waals surface area contributed by atoms with Gasteiger partial charge in [-0.2, -0.15) is 0 Å². The van der Waals surface area contributed by atoms with Gasteiger partial charge >= 0.3 is 0 Å². The molecule has 3 heteroatoms. The average Bonchev–Trinajstić information content (AvgIpc) is 2.42. The molecule has 1 aliphatic rings. The van der Waals surface area contributed by atoms with Crippen molar-refractivity contribution in [1.29, 1.82) is 0 Å². The van der Waals surface area contributed by atoms with Crippen molar-refractivity contribution in [2.75, 3.05) is 19.6 Å². The van der Waals surface area contributed by atoms with Crippen LogP contribution in [0, 0.1) is 5.82 Å². The van der Waals surface area contributed by atoms with Crippen molar-refractivity contribution in [3.63, 3.8) is 0 Å². The number of benzene rings is 1. The Morgan fingerprint density at radius 1 is 1.26 bits per heavy atom. The minimum Gasteiger partial charge on any atom is -0.330 e. The number of nitrogens with two attached hydrogens (primary N) is 1. The van der Waals surface area contributed by atoms with Gasteiger partial charge in [-0.15, -0.1) is 0 Å². The number of rotatable bonds is 5. The lowest BCUT2D eigenvalue weighted by Gasteiger charge is -2.26. The first kappa shape index (κ1) is 14.5. The highest BCUT2D eigenvalue weighted by molar-refractivity contribution is 5.26. The van der Waals surface area contributed by atoms with Crippen molar-refractivity contribution in [1.82, 2.24) is 4.90 Å². The molecule has 1 atom stereocenters. The fourth-order valence-electron chi connectivity index (χ4n) is 2.77. The smallest absolute Gasteiger partial charge is 0.127 e. The van der Waals surface area contributed by atoms with Crippen LogP contribution in [0.1, 0.15) is 49.7 Å². The Hall–Kier alpha value is -0.930. The van der Waals surface area contributed by atoms with Gasteiger partial charge in [0, 0.05) is 12.1 Å². The molecule has 0 aromatic heterocycles. The van der Waals surface area contributed by atoms with Crippen molar-refractivity contribution in [3.05, 3.63) is 35.1 Å². The first-order chi connectivity index (χ1) is 9.20. The SMILES string of the molecule is CC(CCN)c1ccc(CN2CCCCC2)c(F)c1. The maximum absolute atomic E-state index is 14.1. The Bertz CT molecular complexity index is 400. The van der Waals surface area contributed by atoms with Crippen LogP contribution in [-0.4, -0.2) is 24.5 Å². The Labute approximate surface area is 115 Å². The van der Waals surface area contributed by atoms with Crippen LogP contribution in [0.3, 0.4) is 0 Å². The van der Waals surface area contributed by atoms with E-state index < -0.39 is 0 Å². The molecular weight excluding hydrogens is 239 g/mol. The van der Waals surface area contributed by atoms with E-state index in [2.05, 4.69) is 17.9 Å². The molecule has 0 amide bonds. The zero-order valence-corrected chi connectivity index (χ0v) is 11.9. The lowest BCUT2D eigenvalue weighted by atomic mass is 9.96. The summed E-state index contributed by atoms with van der Waals surface area (Å²) in [5, 5.41) is 0. The van der Waals surface area contributed by atoms with Crippen molar-refractivity contribution < 1.29 is 4.39 Å². The fraction of sp³-hybridized carbons (Fsp3) is 0.625. The summed E-state index contributed by atoms with van der Waals surface area (Å²) >= 11 is 0. The minimum absolute atomic E-state index is 0.0630. The minimum atomic E-state index is -0.0630. The van der Waals surface area contributed by atoms with Crippen LogP contribution in [0.4, 0.5) is 4.39 Å². The van der Waals surface area contributed by atoms with Crippen LogP contribution in [-0.2, 0) is 6.54 Å². The van der Waals surface area contributed by atoms with Gasteiger partial charge in [-0.05, 0) is 56.4 Å². The molecule has 106 valence electrons. The largest absolute Gasteiger partial charge is 0.330 e. The maximum atomic E-state index is 14.1. The fourth-order valence-corrected chi connectivity index (χ4v) is 2.77. The summed E-state index contributed by atoms with van der Waals surface area (Å²) in [6.07, 6.45) is 4.71. The second-order valence-corrected chi connectivity index (χ2v) is 5.67. The van der Waals surface area contributed by atoms with Crippen LogP contribution >= 0.6 is 0 Å². The molecule has 0 spiro atoms. The lowest BCUT2D eigenvalue weighted by molar-refractivity contribution is 0.218. The quantitative estimate of drug-likeness (QED) is 0.884. The van der Waals surface area contributed by atoms with Gasteiger partial charge in [-0.3, -0.25) is 4.90 Å². The Morgan fingerprint density at radius 2 is 2.00 bits per heavy atom. The highest BCUT2D eigenvalue weighted by Gasteiger charge is 2.14. The second kappa shape index (κ2) is 7.01. The van der Waals surface area contributed by atoms with Gasteiger partial charge in [-0.25, -0.2) is 4.39 Å². The van der Waals surface area contributed by atoms with Gasteiger partial charge < -0.3 is 5.73 Å². The number of hydrogen-bond acceptors (Lipinski definition) is 2. The molecule has 2 nitrogen and oxygen atoms in total. The molecule has 0 bridgehead atoms. The molecule has 1 saturated heterocycles. The summed E-state index contributed by atoms with van der Waals surface area (Å²) in [4.78, 5) is 2.35. The summed E-state index contributed by atoms with van der Waals surface area (Å²) in [6, 6.07) is 5.70. The predicted octanol–water partition coefficient (Wildman–Crippen LogP) is 3.26. The monoisotopic (exact) mass is 264 g/mol. The highest BCUT2D eigenvalue weighted by Crippen LogP contribution is 2.22. The molecule has 1 aromatic rings. The third-order valence-corrected chi connectivity index (χ3v) is 4.09. The molecular formula is C16H25FN2. The first-order valence-electron chi connectivity index (χ1n) is 7.41. The van der Waals surface area contributed by atoms with Gasteiger partial charge in [0.05, 0.1) is 0 Å². The van der Waals surface area contributed by atoms with Crippen molar-refractivity contribution in [3.8, 4) is 0 Å². The van der Waals surface area contributed by atoms with Crippen LogP contribution < -0.4 is 5.73 Å². The van der Waals surface area contributed by atoms with E-state index in [-0.39, 0.29) is 5.82 Å². The van der Waals surface area contributed by atoms with E-state index in [9.17, 15) is 4.39 Å². The zero-order chi connectivity index (χ0) is 13.7. The van der Waals surface area contributed by atoms with Gasteiger partial charge in [0.2, 0.25) is 0 Å². The number of nitrogens with zero attached hydrogens (tertiary/aromatic N) is 1. The van der Waals surface area contributed by atoms with Crippen molar-refractivity contribution in [2.45, 2.75) is 45.1 Å². The molecule has 2 rings (SSSR count). The van der Waals surface area contributed by atoms with Gasteiger partial charge in [0.15, 0.2) is 0 Å². The molecule has 0 radical (unpaired) electrons. The Kier molecular flexibility index (Phi) is 5.34. The summed E-state index contributed by atoms with van der Waals surface area (Å²) in [5.41, 5.74) is 7.44. The van der Waals surface area contributed by atoms with Crippen LogP contribution in [0.2, 0.25) is 0 Å². The molecule has 19 heavy (non-hydrogen) atoms. The molecule has 1 aliphatic heterocycles. The standard InChI is InChI=1S/C16H25FN2/c1-13(7-8-18)14-5-6-15(16(17)11-14)12-19-9-3-2-4-10-19/h5-6,11,13H,2-4,7-10,12,18H2,1H3. The number of piperidine rings is 1. The molecule has 1 fully saturated rings. The van der Waals surface area contributed by atoms with Crippen molar-refractivity contribution >= 4 is 0 Å². The summed E-state index contributed by atoms with van der Waals surface area (Å²) in [7, 11) is 0. The van der Waals surface area contributed by atoms with E-state index in [4.69, 9.17) is 5.73 Å². The number of likely N-dealkylation sites (tertiary alicyclic amines) is 1. The molecule has 0 aliphatic carbocycles. The topological polar surface area (TPSA) is 29.3 Å². The van der Waals surface area contributed by atoms with Crippen LogP contribution in [0.25, 0.3) is 0 Å². The van der Waals surface area contributed by atoms with E-state index >= 15 is 0 Å². The average molecular weight is 264 g/mol. The van der Waals surface area contributed by atoms with Gasteiger partial charge in [-0.1, -0.05) is 25.5 Å². The van der Waals surface area contributed by atoms with Crippen molar-refractivity contribution in [2.24, 2.45) is 5.73 Å². The highest BCUT2D eigenvalue weighted by atomic mass is 19.1. The molecule has 0 saturated carbocycles. The molecule has 1 aromatic carbocycles. The van der Waals surface area contributed by atoms with Crippen LogP contribution in [0.5, 0.6) is 0 Å². The number of halogens is 1. The number of hydrogen-bond donors (Lipinski definition) is 1. The Balaban J connectivity index is 2.01. The first-order valence-corrected chi connectivity index (χ1v) is 7.41. The lowest BCUT2D eigenvalue weighted by Crippen LogP contribution is -2.29. The van der Waals surface area contributed by atoms with E-state index in [1.807, 2.05) is 6.07 Å².